The quantitative estimate of drug-likeness (QED) is 0.575. The Bertz CT molecular complexity index is 761. The Morgan fingerprint density at radius 1 is 1.52 bits per heavy atom. The molecule has 1 heterocycles. The van der Waals surface area contributed by atoms with E-state index in [2.05, 4.69) is 22.5 Å². The first kappa shape index (κ1) is 18.9. The number of carbonyl (C=O) groups excluding carboxylic acids is 1. The molecule has 0 fully saturated rings. The Balaban J connectivity index is 1.88. The normalized spacial score (nSPS) is 11.0. The number of aryl methyl sites for hydroxylation is 2. The first-order valence-corrected chi connectivity index (χ1v) is 8.32. The predicted octanol–water partition coefficient (Wildman–Crippen LogP) is 3.31. The maximum atomic E-state index is 13.0. The van der Waals surface area contributed by atoms with Gasteiger partial charge in [0.2, 0.25) is 0 Å². The summed E-state index contributed by atoms with van der Waals surface area (Å²) < 4.78 is 19.9. The fourth-order valence-corrected chi connectivity index (χ4v) is 2.38. The van der Waals surface area contributed by atoms with Crippen LogP contribution in [0.4, 0.5) is 4.39 Å². The fourth-order valence-electron chi connectivity index (χ4n) is 2.08. The molecule has 0 radical (unpaired) electrons. The van der Waals surface area contributed by atoms with Crippen LogP contribution in [-0.2, 0) is 11.3 Å². The number of carbonyl (C=O) groups is 1. The van der Waals surface area contributed by atoms with Gasteiger partial charge in [-0.2, -0.15) is 10.2 Å². The van der Waals surface area contributed by atoms with Gasteiger partial charge in [0.15, 0.2) is 6.61 Å². The summed E-state index contributed by atoms with van der Waals surface area (Å²) in [5.41, 5.74) is 3.73. The van der Waals surface area contributed by atoms with Gasteiger partial charge in [0.05, 0.1) is 17.5 Å². The van der Waals surface area contributed by atoms with Gasteiger partial charge < -0.3 is 4.74 Å². The lowest BCUT2D eigenvalue weighted by atomic mass is 10.3. The first-order chi connectivity index (χ1) is 12.0. The van der Waals surface area contributed by atoms with E-state index in [1.54, 1.807) is 10.7 Å². The largest absolute Gasteiger partial charge is 0.484 e. The molecule has 1 amide bonds. The Hall–Kier alpha value is -2.41. The summed E-state index contributed by atoms with van der Waals surface area (Å²) in [6, 6.07) is 5.56. The Morgan fingerprint density at radius 3 is 3.04 bits per heavy atom. The Labute approximate surface area is 150 Å². The van der Waals surface area contributed by atoms with E-state index in [1.807, 2.05) is 6.92 Å². The van der Waals surface area contributed by atoms with Gasteiger partial charge in [-0.15, -0.1) is 0 Å². The molecule has 1 N–H and O–H groups in total. The monoisotopic (exact) mass is 366 g/mol. The fraction of sp³-hybridized carbons (Fsp3) is 0.353. The lowest BCUT2D eigenvalue weighted by Gasteiger charge is -2.04. The summed E-state index contributed by atoms with van der Waals surface area (Å²) in [6.45, 7) is 4.37. The maximum absolute atomic E-state index is 13.0. The van der Waals surface area contributed by atoms with Crippen LogP contribution in [0.15, 0.2) is 29.4 Å². The van der Waals surface area contributed by atoms with Gasteiger partial charge in [0.1, 0.15) is 16.7 Å². The van der Waals surface area contributed by atoms with Crippen molar-refractivity contribution in [3.05, 3.63) is 46.5 Å². The molecule has 2 rings (SSSR count). The lowest BCUT2D eigenvalue weighted by molar-refractivity contribution is -0.123. The van der Waals surface area contributed by atoms with Crippen molar-refractivity contribution < 1.29 is 13.9 Å². The number of unbranched alkanes of at least 4 members (excludes halogenated alkanes) is 1. The summed E-state index contributed by atoms with van der Waals surface area (Å²) in [5.74, 6) is -0.621. The van der Waals surface area contributed by atoms with Gasteiger partial charge in [-0.3, -0.25) is 9.48 Å². The van der Waals surface area contributed by atoms with Crippen molar-refractivity contribution >= 4 is 23.7 Å². The summed E-state index contributed by atoms with van der Waals surface area (Å²) in [4.78, 5) is 11.7. The lowest BCUT2D eigenvalue weighted by Crippen LogP contribution is -2.24. The van der Waals surface area contributed by atoms with Crippen LogP contribution in [0.5, 0.6) is 5.75 Å². The van der Waals surface area contributed by atoms with Crippen LogP contribution in [0.2, 0.25) is 5.15 Å². The maximum Gasteiger partial charge on any atom is 0.277 e. The molecule has 0 unspecified atom stereocenters. The molecule has 8 heteroatoms. The number of nitrogens with one attached hydrogen (secondary N) is 1. The van der Waals surface area contributed by atoms with Crippen LogP contribution in [0, 0.1) is 12.7 Å². The van der Waals surface area contributed by atoms with E-state index >= 15 is 0 Å². The number of ether oxygens (including phenoxy) is 1. The summed E-state index contributed by atoms with van der Waals surface area (Å²) in [6.07, 6.45) is 3.47. The zero-order valence-electron chi connectivity index (χ0n) is 14.1. The highest BCUT2D eigenvalue weighted by Crippen LogP contribution is 2.18. The van der Waals surface area contributed by atoms with Crippen LogP contribution in [0.3, 0.4) is 0 Å². The van der Waals surface area contributed by atoms with Crippen LogP contribution in [0.1, 0.15) is 31.0 Å². The third-order valence-corrected chi connectivity index (χ3v) is 3.78. The SMILES string of the molecule is CCCCn1nc(C)c(/C=N/NC(=O)COc2cccc(F)c2)c1Cl. The van der Waals surface area contributed by atoms with Gasteiger partial charge in [0.25, 0.3) is 5.91 Å². The van der Waals surface area contributed by atoms with Crippen LogP contribution < -0.4 is 10.2 Å². The topological polar surface area (TPSA) is 68.5 Å². The van der Waals surface area contributed by atoms with Crippen molar-refractivity contribution in [3.8, 4) is 5.75 Å². The predicted molar refractivity (Wildman–Crippen MR) is 94.5 cm³/mol. The van der Waals surface area contributed by atoms with Gasteiger partial charge in [0, 0.05) is 12.6 Å². The molecule has 0 atom stereocenters. The van der Waals surface area contributed by atoms with Gasteiger partial charge in [-0.1, -0.05) is 31.0 Å². The average molecular weight is 367 g/mol. The summed E-state index contributed by atoms with van der Waals surface area (Å²) in [5, 5.41) is 8.71. The summed E-state index contributed by atoms with van der Waals surface area (Å²) in [7, 11) is 0. The highest BCUT2D eigenvalue weighted by atomic mass is 35.5. The second kappa shape index (κ2) is 9.17. The van der Waals surface area contributed by atoms with Crippen molar-refractivity contribution in [1.29, 1.82) is 0 Å². The smallest absolute Gasteiger partial charge is 0.277 e. The van der Waals surface area contributed by atoms with Crippen molar-refractivity contribution in [2.24, 2.45) is 5.10 Å². The molecular weight excluding hydrogens is 347 g/mol. The van der Waals surface area contributed by atoms with Crippen LogP contribution in [-0.4, -0.2) is 28.5 Å². The third-order valence-electron chi connectivity index (χ3n) is 3.38. The van der Waals surface area contributed by atoms with E-state index in [4.69, 9.17) is 16.3 Å². The number of rotatable bonds is 8. The second-order valence-electron chi connectivity index (χ2n) is 5.41. The number of hydrazone groups is 1. The molecular formula is C17H20ClFN4O2. The van der Waals surface area contributed by atoms with E-state index < -0.39 is 11.7 Å². The van der Waals surface area contributed by atoms with E-state index in [-0.39, 0.29) is 12.4 Å². The van der Waals surface area contributed by atoms with E-state index in [0.717, 1.165) is 25.1 Å². The van der Waals surface area contributed by atoms with E-state index in [0.29, 0.717) is 10.7 Å². The molecule has 1 aromatic carbocycles. The molecule has 0 aliphatic rings. The van der Waals surface area contributed by atoms with Gasteiger partial charge >= 0.3 is 0 Å². The van der Waals surface area contributed by atoms with E-state index in [1.165, 1.54) is 24.4 Å². The molecule has 0 bridgehead atoms. The minimum Gasteiger partial charge on any atom is -0.484 e. The third kappa shape index (κ3) is 5.56. The number of hydrogen-bond acceptors (Lipinski definition) is 4. The number of nitrogens with zero attached hydrogens (tertiary/aromatic N) is 3. The summed E-state index contributed by atoms with van der Waals surface area (Å²) >= 11 is 6.27. The minimum atomic E-state index is -0.465. The molecule has 6 nitrogen and oxygen atoms in total. The van der Waals surface area contributed by atoms with E-state index in [9.17, 15) is 9.18 Å². The molecule has 25 heavy (non-hydrogen) atoms. The molecule has 0 aliphatic carbocycles. The first-order valence-electron chi connectivity index (χ1n) is 7.94. The number of benzene rings is 1. The molecule has 1 aromatic heterocycles. The Morgan fingerprint density at radius 2 is 2.32 bits per heavy atom. The molecule has 0 aliphatic heterocycles. The number of hydrogen-bond donors (Lipinski definition) is 1. The van der Waals surface area contributed by atoms with Crippen LogP contribution in [0.25, 0.3) is 0 Å². The zero-order valence-corrected chi connectivity index (χ0v) is 14.9. The zero-order chi connectivity index (χ0) is 18.2. The molecule has 2 aromatic rings. The Kier molecular flexibility index (Phi) is 6.94. The minimum absolute atomic E-state index is 0.273. The number of aromatic nitrogens is 2. The van der Waals surface area contributed by atoms with Crippen molar-refractivity contribution in [2.75, 3.05) is 6.61 Å². The van der Waals surface area contributed by atoms with Gasteiger partial charge in [-0.05, 0) is 25.5 Å². The van der Waals surface area contributed by atoms with Crippen LogP contribution >= 0.6 is 11.6 Å². The van der Waals surface area contributed by atoms with Crippen molar-refractivity contribution in [1.82, 2.24) is 15.2 Å². The molecule has 134 valence electrons. The standard InChI is InChI=1S/C17H20ClFN4O2/c1-3-4-8-23-17(18)15(12(2)22-23)10-20-21-16(24)11-25-14-7-5-6-13(19)9-14/h5-7,9-10H,3-4,8,11H2,1-2H3,(H,21,24)/b20-10+. The highest BCUT2D eigenvalue weighted by Gasteiger charge is 2.11. The number of amides is 1. The average Bonchev–Trinajstić information content (AvgIpc) is 2.85. The van der Waals surface area contributed by atoms with Crippen molar-refractivity contribution in [2.45, 2.75) is 33.2 Å². The highest BCUT2D eigenvalue weighted by molar-refractivity contribution is 6.32. The second-order valence-corrected chi connectivity index (χ2v) is 5.76. The van der Waals surface area contributed by atoms with Crippen molar-refractivity contribution in [3.63, 3.8) is 0 Å². The molecule has 0 spiro atoms. The molecule has 0 saturated heterocycles. The van der Waals surface area contributed by atoms with Gasteiger partial charge in [-0.25, -0.2) is 9.82 Å². The number of halogens is 2. The molecule has 0 saturated carbocycles.